The summed E-state index contributed by atoms with van der Waals surface area (Å²) in [5, 5.41) is 0. The third-order valence-electron chi connectivity index (χ3n) is 2.89. The summed E-state index contributed by atoms with van der Waals surface area (Å²) in [6.45, 7) is 1.14. The number of carbonyl (C=O) groups excluding carboxylic acids is 3. The molecule has 0 radical (unpaired) electrons. The zero-order valence-electron chi connectivity index (χ0n) is 10.9. The molecule has 0 spiro atoms. The van der Waals surface area contributed by atoms with Gasteiger partial charge < -0.3 is 4.74 Å². The topological polar surface area (TPSA) is 63.7 Å². The first-order valence-corrected chi connectivity index (χ1v) is 5.98. The number of nitrogens with zero attached hydrogens (tertiary/aromatic N) is 1. The van der Waals surface area contributed by atoms with Crippen molar-refractivity contribution in [2.75, 3.05) is 18.1 Å². The smallest absolute Gasteiger partial charge is 0.416 e. The number of alkyl halides is 3. The van der Waals surface area contributed by atoms with Gasteiger partial charge in [-0.2, -0.15) is 13.2 Å². The van der Waals surface area contributed by atoms with Crippen molar-refractivity contribution in [3.63, 3.8) is 0 Å². The Hall–Kier alpha value is -2.38. The van der Waals surface area contributed by atoms with E-state index in [0.29, 0.717) is 6.07 Å². The number of Topliss-reactive ketones (excluding diaryl/α,β-unsaturated/α-hetero) is 1. The molecular weight excluding hydrogens is 291 g/mol. The first-order chi connectivity index (χ1) is 9.75. The lowest BCUT2D eigenvalue weighted by molar-refractivity contribution is -0.142. The van der Waals surface area contributed by atoms with Crippen molar-refractivity contribution in [1.82, 2.24) is 0 Å². The van der Waals surface area contributed by atoms with Crippen LogP contribution >= 0.6 is 0 Å². The lowest BCUT2D eigenvalue weighted by atomic mass is 10.1. The maximum absolute atomic E-state index is 12.6. The van der Waals surface area contributed by atoms with Gasteiger partial charge in [0.15, 0.2) is 0 Å². The van der Waals surface area contributed by atoms with Crippen molar-refractivity contribution < 1.29 is 32.3 Å². The number of hydrogen-bond acceptors (Lipinski definition) is 4. The van der Waals surface area contributed by atoms with Crippen molar-refractivity contribution in [2.45, 2.75) is 13.1 Å². The highest BCUT2D eigenvalue weighted by molar-refractivity contribution is 6.52. The molecule has 0 saturated carbocycles. The van der Waals surface area contributed by atoms with Crippen molar-refractivity contribution >= 4 is 23.3 Å². The number of esters is 1. The van der Waals surface area contributed by atoms with Gasteiger partial charge in [-0.3, -0.25) is 19.3 Å². The van der Waals surface area contributed by atoms with Gasteiger partial charge >= 0.3 is 12.1 Å². The van der Waals surface area contributed by atoms with E-state index in [1.54, 1.807) is 6.92 Å². The Morgan fingerprint density at radius 3 is 2.52 bits per heavy atom. The maximum atomic E-state index is 12.6. The Kier molecular flexibility index (Phi) is 3.71. The molecule has 0 saturated heterocycles. The van der Waals surface area contributed by atoms with Crippen LogP contribution in [0, 0.1) is 0 Å². The number of fused-ring (bicyclic) bond motifs is 1. The molecule has 5 nitrogen and oxygen atoms in total. The summed E-state index contributed by atoms with van der Waals surface area (Å²) in [7, 11) is 0. The third kappa shape index (κ3) is 2.74. The average Bonchev–Trinajstić information content (AvgIpc) is 2.63. The summed E-state index contributed by atoms with van der Waals surface area (Å²) >= 11 is 0. The van der Waals surface area contributed by atoms with Crippen LogP contribution in [0.5, 0.6) is 0 Å². The molecule has 2 rings (SSSR count). The Morgan fingerprint density at radius 1 is 1.29 bits per heavy atom. The van der Waals surface area contributed by atoms with Crippen molar-refractivity contribution in [2.24, 2.45) is 0 Å². The van der Waals surface area contributed by atoms with E-state index in [1.807, 2.05) is 0 Å². The van der Waals surface area contributed by atoms with Crippen LogP contribution in [0.1, 0.15) is 22.8 Å². The summed E-state index contributed by atoms with van der Waals surface area (Å²) in [6.07, 6.45) is -4.62. The molecule has 0 bridgehead atoms. The predicted molar refractivity (Wildman–Crippen MR) is 64.8 cm³/mol. The Morgan fingerprint density at radius 2 is 1.95 bits per heavy atom. The van der Waals surface area contributed by atoms with E-state index in [-0.39, 0.29) is 17.9 Å². The van der Waals surface area contributed by atoms with Crippen molar-refractivity contribution in [1.29, 1.82) is 0 Å². The molecular formula is C13H10F3NO4. The van der Waals surface area contributed by atoms with E-state index < -0.39 is 35.9 Å². The van der Waals surface area contributed by atoms with E-state index in [1.165, 1.54) is 0 Å². The lowest BCUT2D eigenvalue weighted by Gasteiger charge is -2.15. The largest absolute Gasteiger partial charge is 0.465 e. The van der Waals surface area contributed by atoms with E-state index >= 15 is 0 Å². The average molecular weight is 301 g/mol. The molecule has 21 heavy (non-hydrogen) atoms. The van der Waals surface area contributed by atoms with Crippen molar-refractivity contribution in [3.8, 4) is 0 Å². The SMILES string of the molecule is CCOC(=O)CN1C(=O)C(=O)c2cc(C(F)(F)F)ccc21. The fourth-order valence-electron chi connectivity index (χ4n) is 1.97. The minimum absolute atomic E-state index is 0.0222. The fraction of sp³-hybridized carbons (Fsp3) is 0.308. The summed E-state index contributed by atoms with van der Waals surface area (Å²) in [4.78, 5) is 35.7. The van der Waals surface area contributed by atoms with Crippen LogP contribution in [0.3, 0.4) is 0 Å². The minimum atomic E-state index is -4.62. The molecule has 1 heterocycles. The molecule has 112 valence electrons. The number of anilines is 1. The summed E-state index contributed by atoms with van der Waals surface area (Å²) in [5.74, 6) is -2.86. The number of carbonyl (C=O) groups is 3. The summed E-state index contributed by atoms with van der Waals surface area (Å²) < 4.78 is 42.5. The Labute approximate surface area is 117 Å². The third-order valence-corrected chi connectivity index (χ3v) is 2.89. The number of amides is 1. The van der Waals surface area contributed by atoms with Gasteiger partial charge in [0.2, 0.25) is 0 Å². The van der Waals surface area contributed by atoms with E-state index in [9.17, 15) is 27.6 Å². The highest BCUT2D eigenvalue weighted by Crippen LogP contribution is 2.35. The van der Waals surface area contributed by atoms with Crippen LogP contribution in [0.15, 0.2) is 18.2 Å². The Bertz CT molecular complexity index is 624. The quantitative estimate of drug-likeness (QED) is 0.631. The van der Waals surface area contributed by atoms with E-state index in [2.05, 4.69) is 4.74 Å². The minimum Gasteiger partial charge on any atom is -0.465 e. The van der Waals surface area contributed by atoms with Crippen LogP contribution < -0.4 is 4.90 Å². The number of benzene rings is 1. The normalized spacial score (nSPS) is 14.4. The molecule has 1 aromatic rings. The van der Waals surface area contributed by atoms with Gasteiger partial charge in [0, 0.05) is 0 Å². The molecule has 0 atom stereocenters. The molecule has 8 heteroatoms. The zero-order chi connectivity index (χ0) is 15.8. The molecule has 1 amide bonds. The van der Waals surface area contributed by atoms with E-state index in [0.717, 1.165) is 17.0 Å². The van der Waals surface area contributed by atoms with Crippen molar-refractivity contribution in [3.05, 3.63) is 29.3 Å². The second-order valence-corrected chi connectivity index (χ2v) is 4.26. The monoisotopic (exact) mass is 301 g/mol. The van der Waals surface area contributed by atoms with Crippen LogP contribution in [-0.4, -0.2) is 30.8 Å². The highest BCUT2D eigenvalue weighted by Gasteiger charge is 2.40. The second-order valence-electron chi connectivity index (χ2n) is 4.26. The molecule has 1 aromatic carbocycles. The molecule has 0 N–H and O–H groups in total. The number of ether oxygens (including phenoxy) is 1. The van der Waals surface area contributed by atoms with Crippen LogP contribution in [-0.2, 0) is 20.5 Å². The molecule has 0 fully saturated rings. The molecule has 1 aliphatic rings. The predicted octanol–water partition coefficient (Wildman–Crippen LogP) is 1.80. The summed E-state index contributed by atoms with van der Waals surface area (Å²) in [6, 6.07) is 2.36. The van der Waals surface area contributed by atoms with Gasteiger partial charge in [0.25, 0.3) is 11.7 Å². The fourth-order valence-corrected chi connectivity index (χ4v) is 1.97. The second kappa shape index (κ2) is 5.19. The molecule has 1 aliphatic heterocycles. The van der Waals surface area contributed by atoms with Gasteiger partial charge in [-0.1, -0.05) is 0 Å². The molecule has 0 unspecified atom stereocenters. The van der Waals surface area contributed by atoms with Crippen LogP contribution in [0.25, 0.3) is 0 Å². The van der Waals surface area contributed by atoms with Gasteiger partial charge in [-0.05, 0) is 25.1 Å². The number of rotatable bonds is 3. The number of ketones is 1. The number of hydrogen-bond donors (Lipinski definition) is 0. The zero-order valence-corrected chi connectivity index (χ0v) is 10.9. The lowest BCUT2D eigenvalue weighted by Crippen LogP contribution is -2.35. The van der Waals surface area contributed by atoms with E-state index in [4.69, 9.17) is 0 Å². The van der Waals surface area contributed by atoms with Gasteiger partial charge in [-0.25, -0.2) is 0 Å². The first kappa shape index (κ1) is 15.0. The number of halogens is 3. The molecule has 0 aliphatic carbocycles. The standard InChI is InChI=1S/C13H10F3NO4/c1-2-21-10(18)6-17-9-4-3-7(13(14,15)16)5-8(9)11(19)12(17)20/h3-5H,2,6H2,1H3. The summed E-state index contributed by atoms with van der Waals surface area (Å²) in [5.41, 5.74) is -1.41. The van der Waals surface area contributed by atoms with Crippen LogP contribution in [0.2, 0.25) is 0 Å². The highest BCUT2D eigenvalue weighted by atomic mass is 19.4. The van der Waals surface area contributed by atoms with Gasteiger partial charge in [0.1, 0.15) is 6.54 Å². The first-order valence-electron chi connectivity index (χ1n) is 5.98. The Balaban J connectivity index is 2.37. The van der Waals surface area contributed by atoms with Gasteiger partial charge in [-0.15, -0.1) is 0 Å². The van der Waals surface area contributed by atoms with Crippen LogP contribution in [0.4, 0.5) is 18.9 Å². The van der Waals surface area contributed by atoms with Gasteiger partial charge in [0.05, 0.1) is 23.4 Å². The molecule has 0 aromatic heterocycles. The maximum Gasteiger partial charge on any atom is 0.416 e.